The summed E-state index contributed by atoms with van der Waals surface area (Å²) in [6.07, 6.45) is 0. The van der Waals surface area contributed by atoms with Crippen molar-refractivity contribution < 1.29 is 13.2 Å². The highest BCUT2D eigenvalue weighted by Crippen LogP contribution is 2.33. The molecule has 2 fully saturated rings. The number of rotatable bonds is 3. The van der Waals surface area contributed by atoms with Gasteiger partial charge in [-0.1, -0.05) is 12.1 Å². The second-order valence-corrected chi connectivity index (χ2v) is 7.06. The molecule has 0 spiro atoms. The zero-order valence-electron chi connectivity index (χ0n) is 10.9. The van der Waals surface area contributed by atoms with Crippen LogP contribution in [-0.4, -0.2) is 46.0 Å². The first-order valence-electron chi connectivity index (χ1n) is 6.47. The van der Waals surface area contributed by atoms with Crippen LogP contribution in [0.4, 0.5) is 0 Å². The maximum absolute atomic E-state index is 12.7. The molecule has 2 atom stereocenters. The molecule has 1 aromatic carbocycles. The average Bonchev–Trinajstić information content (AvgIpc) is 2.99. The molecule has 0 aliphatic carbocycles. The summed E-state index contributed by atoms with van der Waals surface area (Å²) < 4.78 is 32.1. The zero-order chi connectivity index (χ0) is 13.5. The zero-order valence-corrected chi connectivity index (χ0v) is 11.7. The van der Waals surface area contributed by atoms with E-state index in [0.29, 0.717) is 30.7 Å². The van der Waals surface area contributed by atoms with Crippen molar-refractivity contribution in [3.8, 4) is 5.75 Å². The monoisotopic (exact) mass is 282 g/mol. The van der Waals surface area contributed by atoms with Crippen molar-refractivity contribution in [1.82, 2.24) is 9.62 Å². The summed E-state index contributed by atoms with van der Waals surface area (Å²) in [5, 5.41) is 3.31. The maximum atomic E-state index is 12.7. The van der Waals surface area contributed by atoms with E-state index >= 15 is 0 Å². The van der Waals surface area contributed by atoms with Crippen molar-refractivity contribution in [2.75, 3.05) is 33.3 Å². The Kier molecular flexibility index (Phi) is 3.24. The van der Waals surface area contributed by atoms with Crippen LogP contribution in [0.3, 0.4) is 0 Å². The van der Waals surface area contributed by atoms with Crippen LogP contribution in [0.2, 0.25) is 0 Å². The van der Waals surface area contributed by atoms with Crippen molar-refractivity contribution in [3.05, 3.63) is 24.3 Å². The second-order valence-electron chi connectivity index (χ2n) is 5.15. The van der Waals surface area contributed by atoms with E-state index in [0.717, 1.165) is 13.1 Å². The molecule has 0 saturated carbocycles. The van der Waals surface area contributed by atoms with Crippen LogP contribution in [0.5, 0.6) is 5.75 Å². The summed E-state index contributed by atoms with van der Waals surface area (Å²) in [5.41, 5.74) is 0. The third-order valence-corrected chi connectivity index (χ3v) is 5.91. The molecule has 0 bridgehead atoms. The molecule has 2 aliphatic rings. The van der Waals surface area contributed by atoms with Gasteiger partial charge in [-0.25, -0.2) is 8.42 Å². The molecule has 104 valence electrons. The van der Waals surface area contributed by atoms with Gasteiger partial charge in [0.25, 0.3) is 0 Å². The number of para-hydroxylation sites is 1. The Bertz CT molecular complexity index is 561. The predicted octanol–water partition coefficient (Wildman–Crippen LogP) is 0.535. The van der Waals surface area contributed by atoms with Crippen LogP contribution in [-0.2, 0) is 10.0 Å². The summed E-state index contributed by atoms with van der Waals surface area (Å²) in [5.74, 6) is 1.31. The Hall–Kier alpha value is -1.11. The number of benzene rings is 1. The molecular weight excluding hydrogens is 264 g/mol. The number of hydrogen-bond donors (Lipinski definition) is 1. The highest BCUT2D eigenvalue weighted by molar-refractivity contribution is 7.89. The van der Waals surface area contributed by atoms with Crippen molar-refractivity contribution in [1.29, 1.82) is 0 Å². The Balaban J connectivity index is 1.91. The van der Waals surface area contributed by atoms with Gasteiger partial charge in [-0.15, -0.1) is 0 Å². The van der Waals surface area contributed by atoms with Gasteiger partial charge in [-0.2, -0.15) is 4.31 Å². The van der Waals surface area contributed by atoms with Gasteiger partial charge >= 0.3 is 0 Å². The fraction of sp³-hybridized carbons (Fsp3) is 0.538. The van der Waals surface area contributed by atoms with E-state index in [2.05, 4.69) is 5.32 Å². The van der Waals surface area contributed by atoms with E-state index in [1.165, 1.54) is 7.11 Å². The normalized spacial score (nSPS) is 27.4. The van der Waals surface area contributed by atoms with Gasteiger partial charge in [-0.3, -0.25) is 0 Å². The molecule has 6 heteroatoms. The molecule has 1 aromatic rings. The molecule has 2 heterocycles. The Labute approximate surface area is 113 Å². The van der Waals surface area contributed by atoms with Gasteiger partial charge in [0.2, 0.25) is 10.0 Å². The Morgan fingerprint density at radius 2 is 1.84 bits per heavy atom. The number of nitrogens with zero attached hydrogens (tertiary/aromatic N) is 1. The summed E-state index contributed by atoms with van der Waals surface area (Å²) in [7, 11) is -1.95. The second kappa shape index (κ2) is 4.77. The number of sulfonamides is 1. The minimum atomic E-state index is -3.44. The molecule has 0 aromatic heterocycles. The lowest BCUT2D eigenvalue weighted by Gasteiger charge is -2.19. The van der Waals surface area contributed by atoms with Crippen molar-refractivity contribution >= 4 is 10.0 Å². The SMILES string of the molecule is COc1ccccc1S(=O)(=O)N1C[C@H]2CNC[C@H]2C1. The van der Waals surface area contributed by atoms with E-state index < -0.39 is 10.0 Å². The molecule has 2 aliphatic heterocycles. The fourth-order valence-corrected chi connectivity index (χ4v) is 4.69. The average molecular weight is 282 g/mol. The van der Waals surface area contributed by atoms with Gasteiger partial charge in [0.05, 0.1) is 7.11 Å². The number of ether oxygens (including phenoxy) is 1. The first-order chi connectivity index (χ1) is 9.13. The number of hydrogen-bond acceptors (Lipinski definition) is 4. The highest BCUT2D eigenvalue weighted by Gasteiger charge is 2.42. The Morgan fingerprint density at radius 1 is 1.21 bits per heavy atom. The topological polar surface area (TPSA) is 58.6 Å². The number of nitrogens with one attached hydrogen (secondary N) is 1. The molecular formula is C13H18N2O3S. The minimum absolute atomic E-state index is 0.269. The van der Waals surface area contributed by atoms with Gasteiger partial charge < -0.3 is 10.1 Å². The van der Waals surface area contributed by atoms with Crippen molar-refractivity contribution in [2.45, 2.75) is 4.90 Å². The fourth-order valence-electron chi connectivity index (χ4n) is 2.98. The van der Waals surface area contributed by atoms with Gasteiger partial charge in [-0.05, 0) is 37.1 Å². The molecule has 3 rings (SSSR count). The first kappa shape index (κ1) is 12.9. The lowest BCUT2D eigenvalue weighted by molar-refractivity contribution is 0.396. The van der Waals surface area contributed by atoms with Crippen molar-refractivity contribution in [3.63, 3.8) is 0 Å². The van der Waals surface area contributed by atoms with E-state index in [-0.39, 0.29) is 4.90 Å². The van der Waals surface area contributed by atoms with Gasteiger partial charge in [0.15, 0.2) is 0 Å². The van der Waals surface area contributed by atoms with E-state index in [9.17, 15) is 8.42 Å². The van der Waals surface area contributed by atoms with Crippen LogP contribution in [0.1, 0.15) is 0 Å². The standard InChI is InChI=1S/C13H18N2O3S/c1-18-12-4-2-3-5-13(12)19(16,17)15-8-10-6-14-7-11(10)9-15/h2-5,10-11,14H,6-9H2,1H3/t10-,11+. The third kappa shape index (κ3) is 2.13. The summed E-state index contributed by atoms with van der Waals surface area (Å²) in [6.45, 7) is 3.06. The van der Waals surface area contributed by atoms with Gasteiger partial charge in [0, 0.05) is 13.1 Å². The summed E-state index contributed by atoms with van der Waals surface area (Å²) >= 11 is 0. The molecule has 0 radical (unpaired) electrons. The largest absolute Gasteiger partial charge is 0.495 e. The van der Waals surface area contributed by atoms with Crippen LogP contribution in [0.15, 0.2) is 29.2 Å². The van der Waals surface area contributed by atoms with Crippen molar-refractivity contribution in [2.24, 2.45) is 11.8 Å². The van der Waals surface area contributed by atoms with Crippen LogP contribution in [0.25, 0.3) is 0 Å². The molecule has 19 heavy (non-hydrogen) atoms. The predicted molar refractivity (Wildman–Crippen MR) is 71.6 cm³/mol. The number of fused-ring (bicyclic) bond motifs is 1. The Morgan fingerprint density at radius 3 is 2.47 bits per heavy atom. The minimum Gasteiger partial charge on any atom is -0.495 e. The summed E-state index contributed by atoms with van der Waals surface area (Å²) in [6, 6.07) is 6.81. The quantitative estimate of drug-likeness (QED) is 0.879. The molecule has 5 nitrogen and oxygen atoms in total. The van der Waals surface area contributed by atoms with Crippen LogP contribution in [0, 0.1) is 11.8 Å². The number of methoxy groups -OCH3 is 1. The summed E-state index contributed by atoms with van der Waals surface area (Å²) in [4.78, 5) is 0.269. The highest BCUT2D eigenvalue weighted by atomic mass is 32.2. The van der Waals surface area contributed by atoms with E-state index in [1.807, 2.05) is 0 Å². The smallest absolute Gasteiger partial charge is 0.246 e. The molecule has 2 saturated heterocycles. The first-order valence-corrected chi connectivity index (χ1v) is 7.91. The molecule has 0 unspecified atom stereocenters. The lowest BCUT2D eigenvalue weighted by Crippen LogP contribution is -2.32. The molecule has 1 N–H and O–H groups in total. The lowest BCUT2D eigenvalue weighted by atomic mass is 10.0. The van der Waals surface area contributed by atoms with Crippen LogP contribution < -0.4 is 10.1 Å². The van der Waals surface area contributed by atoms with E-state index in [4.69, 9.17) is 4.74 Å². The molecule has 0 amide bonds. The maximum Gasteiger partial charge on any atom is 0.246 e. The third-order valence-electron chi connectivity index (χ3n) is 4.04. The van der Waals surface area contributed by atoms with Gasteiger partial charge in [0.1, 0.15) is 10.6 Å². The van der Waals surface area contributed by atoms with Crippen LogP contribution >= 0.6 is 0 Å². The van der Waals surface area contributed by atoms with E-state index in [1.54, 1.807) is 28.6 Å².